The van der Waals surface area contributed by atoms with E-state index in [1.165, 1.54) is 0 Å². The summed E-state index contributed by atoms with van der Waals surface area (Å²) in [6, 6.07) is 7.59. The molecule has 16 heavy (non-hydrogen) atoms. The number of halogens is 2. The van der Waals surface area contributed by atoms with E-state index in [9.17, 15) is 4.79 Å². The summed E-state index contributed by atoms with van der Waals surface area (Å²) in [5.74, 6) is -0.0341. The van der Waals surface area contributed by atoms with E-state index in [1.54, 1.807) is 0 Å². The van der Waals surface area contributed by atoms with Crippen molar-refractivity contribution in [3.63, 3.8) is 0 Å². The zero-order valence-corrected chi connectivity index (χ0v) is 12.5. The van der Waals surface area contributed by atoms with Crippen LogP contribution in [-0.4, -0.2) is 16.8 Å². The summed E-state index contributed by atoms with van der Waals surface area (Å²) in [6.07, 6.45) is 0.913. The van der Waals surface area contributed by atoms with Gasteiger partial charge in [0.2, 0.25) is 0 Å². The number of nitrogens with one attached hydrogen (secondary N) is 1. The summed E-state index contributed by atoms with van der Waals surface area (Å²) in [7, 11) is 0. The minimum absolute atomic E-state index is 0.0341. The Kier molecular flexibility index (Phi) is 5.49. The van der Waals surface area contributed by atoms with Gasteiger partial charge in [-0.25, -0.2) is 0 Å². The van der Waals surface area contributed by atoms with E-state index in [0.717, 1.165) is 10.9 Å². The summed E-state index contributed by atoms with van der Waals surface area (Å²) in [6.45, 7) is 4.08. The number of hydrogen-bond acceptors (Lipinski definition) is 1. The highest BCUT2D eigenvalue weighted by atomic mass is 79.9. The van der Waals surface area contributed by atoms with Crippen LogP contribution in [0, 0.1) is 0 Å². The minimum Gasteiger partial charge on any atom is -0.350 e. The van der Waals surface area contributed by atoms with Crippen molar-refractivity contribution < 1.29 is 4.79 Å². The Labute approximate surface area is 113 Å². The molecule has 4 heteroatoms. The zero-order valence-electron chi connectivity index (χ0n) is 9.34. The summed E-state index contributed by atoms with van der Waals surface area (Å²) in [4.78, 5) is 12.3. The number of carbonyl (C=O) groups excluding carboxylic acids is 1. The minimum atomic E-state index is -0.0341. The molecule has 0 spiro atoms. The maximum atomic E-state index is 11.9. The molecule has 0 aliphatic heterocycles. The molecule has 1 aromatic carbocycles. The Hall–Kier alpha value is -0.350. The maximum absolute atomic E-state index is 11.9. The third-order valence-corrected chi connectivity index (χ3v) is 3.24. The maximum Gasteiger partial charge on any atom is 0.252 e. The number of carbonyl (C=O) groups is 1. The highest BCUT2D eigenvalue weighted by molar-refractivity contribution is 9.10. The van der Waals surface area contributed by atoms with Gasteiger partial charge in [-0.3, -0.25) is 4.79 Å². The first-order chi connectivity index (χ1) is 7.50. The lowest BCUT2D eigenvalue weighted by atomic mass is 10.1. The molecule has 0 bridgehead atoms. The molecule has 1 rings (SSSR count). The first-order valence-corrected chi connectivity index (χ1v) is 6.91. The summed E-state index contributed by atoms with van der Waals surface area (Å²) < 4.78 is 0.826. The third kappa shape index (κ3) is 4.26. The Morgan fingerprint density at radius 2 is 2.00 bits per heavy atom. The predicted octanol–water partition coefficient (Wildman–Crippen LogP) is 3.74. The van der Waals surface area contributed by atoms with Crippen molar-refractivity contribution in [1.82, 2.24) is 5.32 Å². The largest absolute Gasteiger partial charge is 0.350 e. The molecule has 2 nitrogen and oxygen atoms in total. The van der Waals surface area contributed by atoms with Crippen LogP contribution in [0.15, 0.2) is 28.7 Å². The molecule has 0 fully saturated rings. The topological polar surface area (TPSA) is 29.1 Å². The Bertz CT molecular complexity index is 366. The molecule has 0 saturated carbocycles. The van der Waals surface area contributed by atoms with Gasteiger partial charge in [-0.2, -0.15) is 0 Å². The van der Waals surface area contributed by atoms with Crippen molar-refractivity contribution in [2.75, 3.05) is 0 Å². The monoisotopic (exact) mass is 347 g/mol. The van der Waals surface area contributed by atoms with Crippen LogP contribution >= 0.6 is 31.9 Å². The van der Waals surface area contributed by atoms with Gasteiger partial charge in [0, 0.05) is 15.3 Å². The van der Waals surface area contributed by atoms with Crippen LogP contribution in [0.1, 0.15) is 30.6 Å². The van der Waals surface area contributed by atoms with Crippen molar-refractivity contribution in [3.8, 4) is 0 Å². The standard InChI is InChI=1S/C12H15Br2NO/c1-8(13)7-9(2)15-12(16)10-5-3-4-6-11(10)14/h3-6,8-9H,7H2,1-2H3,(H,15,16). The fraction of sp³-hybridized carbons (Fsp3) is 0.417. The number of benzene rings is 1. The fourth-order valence-corrected chi connectivity index (χ4v) is 2.52. The van der Waals surface area contributed by atoms with Gasteiger partial charge in [0.15, 0.2) is 0 Å². The van der Waals surface area contributed by atoms with Gasteiger partial charge in [-0.15, -0.1) is 0 Å². The van der Waals surface area contributed by atoms with Crippen LogP contribution in [0.4, 0.5) is 0 Å². The van der Waals surface area contributed by atoms with Crippen molar-refractivity contribution >= 4 is 37.8 Å². The van der Waals surface area contributed by atoms with E-state index >= 15 is 0 Å². The molecule has 1 amide bonds. The van der Waals surface area contributed by atoms with Crippen LogP contribution in [0.2, 0.25) is 0 Å². The highest BCUT2D eigenvalue weighted by Crippen LogP contribution is 2.16. The highest BCUT2D eigenvalue weighted by Gasteiger charge is 2.13. The second-order valence-corrected chi connectivity index (χ2v) is 6.29. The average molecular weight is 349 g/mol. The zero-order chi connectivity index (χ0) is 12.1. The van der Waals surface area contributed by atoms with E-state index in [2.05, 4.69) is 44.1 Å². The van der Waals surface area contributed by atoms with Crippen LogP contribution in [0.3, 0.4) is 0 Å². The average Bonchev–Trinajstić information content (AvgIpc) is 2.16. The smallest absolute Gasteiger partial charge is 0.252 e. The van der Waals surface area contributed by atoms with Crippen LogP contribution in [0.25, 0.3) is 0 Å². The van der Waals surface area contributed by atoms with Crippen molar-refractivity contribution in [2.45, 2.75) is 31.1 Å². The molecule has 0 saturated heterocycles. The molecule has 0 aliphatic rings. The molecule has 2 unspecified atom stereocenters. The molecule has 88 valence electrons. The van der Waals surface area contributed by atoms with Gasteiger partial charge in [-0.05, 0) is 41.4 Å². The lowest BCUT2D eigenvalue weighted by Gasteiger charge is -2.15. The molecule has 0 heterocycles. The quantitative estimate of drug-likeness (QED) is 0.825. The second-order valence-electron chi connectivity index (χ2n) is 3.87. The first kappa shape index (κ1) is 13.7. The second kappa shape index (κ2) is 6.40. The number of alkyl halides is 1. The van der Waals surface area contributed by atoms with Crippen molar-refractivity contribution in [1.29, 1.82) is 0 Å². The predicted molar refractivity (Wildman–Crippen MR) is 74.1 cm³/mol. The fourth-order valence-electron chi connectivity index (χ4n) is 1.49. The molecule has 0 aromatic heterocycles. The summed E-state index contributed by atoms with van der Waals surface area (Å²) in [5.41, 5.74) is 0.677. The van der Waals surface area contributed by atoms with Gasteiger partial charge in [0.05, 0.1) is 5.56 Å². The number of amides is 1. The molecule has 0 aliphatic carbocycles. The third-order valence-electron chi connectivity index (χ3n) is 2.17. The Balaban J connectivity index is 2.63. The van der Waals surface area contributed by atoms with Crippen molar-refractivity contribution in [3.05, 3.63) is 34.3 Å². The van der Waals surface area contributed by atoms with E-state index in [0.29, 0.717) is 10.4 Å². The summed E-state index contributed by atoms with van der Waals surface area (Å²) in [5, 5.41) is 2.97. The molecule has 1 aromatic rings. The normalized spacial score (nSPS) is 14.2. The molecule has 0 radical (unpaired) electrons. The number of hydrogen-bond donors (Lipinski definition) is 1. The van der Waals surface area contributed by atoms with Gasteiger partial charge >= 0.3 is 0 Å². The van der Waals surface area contributed by atoms with Crippen LogP contribution in [-0.2, 0) is 0 Å². The van der Waals surface area contributed by atoms with Gasteiger partial charge in [0.25, 0.3) is 5.91 Å². The molecule has 2 atom stereocenters. The van der Waals surface area contributed by atoms with E-state index < -0.39 is 0 Å². The SMILES string of the molecule is CC(Br)CC(C)NC(=O)c1ccccc1Br. The van der Waals surface area contributed by atoms with E-state index in [4.69, 9.17) is 0 Å². The molecular formula is C12H15Br2NO. The van der Waals surface area contributed by atoms with Gasteiger partial charge < -0.3 is 5.32 Å². The van der Waals surface area contributed by atoms with E-state index in [-0.39, 0.29) is 11.9 Å². The Morgan fingerprint density at radius 3 is 2.56 bits per heavy atom. The van der Waals surface area contributed by atoms with E-state index in [1.807, 2.05) is 31.2 Å². The van der Waals surface area contributed by atoms with Crippen LogP contribution < -0.4 is 5.32 Å². The lowest BCUT2D eigenvalue weighted by molar-refractivity contribution is 0.0938. The van der Waals surface area contributed by atoms with Crippen LogP contribution in [0.5, 0.6) is 0 Å². The lowest BCUT2D eigenvalue weighted by Crippen LogP contribution is -2.34. The van der Waals surface area contributed by atoms with Crippen molar-refractivity contribution in [2.24, 2.45) is 0 Å². The Morgan fingerprint density at radius 1 is 1.38 bits per heavy atom. The van der Waals surface area contributed by atoms with Gasteiger partial charge in [-0.1, -0.05) is 35.0 Å². The summed E-state index contributed by atoms with van der Waals surface area (Å²) >= 11 is 6.84. The number of rotatable bonds is 4. The molecule has 1 N–H and O–H groups in total. The van der Waals surface area contributed by atoms with Gasteiger partial charge in [0.1, 0.15) is 0 Å². The first-order valence-electron chi connectivity index (χ1n) is 5.20. The molecular weight excluding hydrogens is 334 g/mol.